The Balaban J connectivity index is 1.66. The second-order valence-corrected chi connectivity index (χ2v) is 8.85. The van der Waals surface area contributed by atoms with Gasteiger partial charge in [-0.2, -0.15) is 4.72 Å². The molecule has 4 rings (SSSR count). The van der Waals surface area contributed by atoms with Crippen LogP contribution in [-0.2, 0) is 14.8 Å². The van der Waals surface area contributed by atoms with Crippen LogP contribution in [0.5, 0.6) is 0 Å². The van der Waals surface area contributed by atoms with Crippen LogP contribution < -0.4 is 4.72 Å². The number of carbonyl (C=O) groups is 1. The van der Waals surface area contributed by atoms with Crippen LogP contribution >= 0.6 is 0 Å². The van der Waals surface area contributed by atoms with Gasteiger partial charge in [-0.05, 0) is 48.4 Å². The minimum atomic E-state index is -3.83. The first-order valence-corrected chi connectivity index (χ1v) is 11.0. The van der Waals surface area contributed by atoms with Crippen molar-refractivity contribution < 1.29 is 17.9 Å². The fraction of sp³-hybridized carbons (Fsp3) is 0.125. The molecule has 152 valence electrons. The Labute approximate surface area is 176 Å². The third kappa shape index (κ3) is 4.20. The molecule has 1 N–H and O–H groups in total. The number of rotatable bonds is 5. The molecule has 0 saturated carbocycles. The molecule has 0 saturated heterocycles. The van der Waals surface area contributed by atoms with Crippen molar-refractivity contribution in [2.75, 3.05) is 0 Å². The number of nitrogens with one attached hydrogen (secondary N) is 1. The van der Waals surface area contributed by atoms with Crippen molar-refractivity contribution in [1.29, 1.82) is 0 Å². The molecule has 0 amide bonds. The molecule has 3 aromatic carbocycles. The smallest absolute Gasteiger partial charge is 0.338 e. The first-order valence-electron chi connectivity index (χ1n) is 9.56. The molecule has 1 aliphatic rings. The fourth-order valence-electron chi connectivity index (χ4n) is 3.39. The molecule has 0 bridgehead atoms. The minimum Gasteiger partial charge on any atom is -0.452 e. The lowest BCUT2D eigenvalue weighted by molar-refractivity contribution is 0.0333. The quantitative estimate of drug-likeness (QED) is 0.627. The summed E-state index contributed by atoms with van der Waals surface area (Å²) < 4.78 is 34.5. The zero-order valence-corrected chi connectivity index (χ0v) is 17.2. The largest absolute Gasteiger partial charge is 0.452 e. The van der Waals surface area contributed by atoms with Gasteiger partial charge in [0.15, 0.2) is 0 Å². The van der Waals surface area contributed by atoms with E-state index in [-0.39, 0.29) is 4.90 Å². The van der Waals surface area contributed by atoms with Crippen LogP contribution in [0.2, 0.25) is 0 Å². The zero-order valence-electron chi connectivity index (χ0n) is 16.4. The van der Waals surface area contributed by atoms with Crippen molar-refractivity contribution >= 4 is 22.1 Å². The van der Waals surface area contributed by atoms with Crippen molar-refractivity contribution in [3.05, 3.63) is 107 Å². The summed E-state index contributed by atoms with van der Waals surface area (Å²) in [5, 5.41) is 0. The maximum absolute atomic E-state index is 13.0. The van der Waals surface area contributed by atoms with Gasteiger partial charge in [0, 0.05) is 0 Å². The van der Waals surface area contributed by atoms with Crippen molar-refractivity contribution in [3.63, 3.8) is 0 Å². The highest BCUT2D eigenvalue weighted by Crippen LogP contribution is 2.32. The SMILES string of the molecule is Cc1ccc(S(=O)(=O)NC2c3ccccc3C=CC2OC(=O)c2ccccc2)cc1. The van der Waals surface area contributed by atoms with Crippen LogP contribution in [-0.4, -0.2) is 20.5 Å². The van der Waals surface area contributed by atoms with E-state index in [0.29, 0.717) is 5.56 Å². The highest BCUT2D eigenvalue weighted by molar-refractivity contribution is 7.89. The molecule has 0 radical (unpaired) electrons. The molecule has 3 aromatic rings. The maximum atomic E-state index is 13.0. The van der Waals surface area contributed by atoms with E-state index in [9.17, 15) is 13.2 Å². The van der Waals surface area contributed by atoms with Crippen LogP contribution in [0.25, 0.3) is 6.08 Å². The van der Waals surface area contributed by atoms with E-state index in [1.165, 1.54) is 0 Å². The first-order chi connectivity index (χ1) is 14.4. The molecule has 0 heterocycles. The zero-order chi connectivity index (χ0) is 21.1. The van der Waals surface area contributed by atoms with Crippen molar-refractivity contribution in [1.82, 2.24) is 4.72 Å². The van der Waals surface area contributed by atoms with Crippen LogP contribution in [0.1, 0.15) is 33.1 Å². The highest BCUT2D eigenvalue weighted by Gasteiger charge is 2.33. The molecule has 2 atom stereocenters. The monoisotopic (exact) mass is 419 g/mol. The number of benzene rings is 3. The maximum Gasteiger partial charge on any atom is 0.338 e. The predicted molar refractivity (Wildman–Crippen MR) is 115 cm³/mol. The Morgan fingerprint density at radius 3 is 2.30 bits per heavy atom. The Morgan fingerprint density at radius 1 is 0.900 bits per heavy atom. The fourth-order valence-corrected chi connectivity index (χ4v) is 4.61. The summed E-state index contributed by atoms with van der Waals surface area (Å²) >= 11 is 0. The second-order valence-electron chi connectivity index (χ2n) is 7.14. The normalized spacial score (nSPS) is 17.9. The van der Waals surface area contributed by atoms with Crippen molar-refractivity contribution in [2.45, 2.75) is 24.0 Å². The number of sulfonamides is 1. The molecular weight excluding hydrogens is 398 g/mol. The third-order valence-corrected chi connectivity index (χ3v) is 6.45. The van der Waals surface area contributed by atoms with Gasteiger partial charge in [0.05, 0.1) is 16.5 Å². The Bertz CT molecular complexity index is 1190. The van der Waals surface area contributed by atoms with Crippen LogP contribution in [0, 0.1) is 6.92 Å². The second kappa shape index (κ2) is 8.26. The van der Waals surface area contributed by atoms with Gasteiger partial charge in [-0.1, -0.05) is 66.2 Å². The highest BCUT2D eigenvalue weighted by atomic mass is 32.2. The van der Waals surface area contributed by atoms with E-state index in [0.717, 1.165) is 16.7 Å². The predicted octanol–water partition coefficient (Wildman–Crippen LogP) is 4.27. The molecule has 0 spiro atoms. The summed E-state index contributed by atoms with van der Waals surface area (Å²) in [6.45, 7) is 1.89. The number of ether oxygens (including phenoxy) is 1. The number of carbonyl (C=O) groups excluding carboxylic acids is 1. The third-order valence-electron chi connectivity index (χ3n) is 4.99. The van der Waals surface area contributed by atoms with Gasteiger partial charge in [-0.3, -0.25) is 0 Å². The molecule has 0 aliphatic heterocycles. The summed E-state index contributed by atoms with van der Waals surface area (Å²) in [7, 11) is -3.83. The average Bonchev–Trinajstić information content (AvgIpc) is 2.76. The Hall–Kier alpha value is -3.22. The topological polar surface area (TPSA) is 72.5 Å². The number of hydrogen-bond donors (Lipinski definition) is 1. The molecule has 1 aliphatic carbocycles. The van der Waals surface area contributed by atoms with Gasteiger partial charge in [0.1, 0.15) is 6.10 Å². The molecule has 30 heavy (non-hydrogen) atoms. The van der Waals surface area contributed by atoms with Gasteiger partial charge in [0.25, 0.3) is 0 Å². The molecule has 5 nitrogen and oxygen atoms in total. The minimum absolute atomic E-state index is 0.160. The Kier molecular flexibility index (Phi) is 5.53. The van der Waals surface area contributed by atoms with Crippen molar-refractivity contribution in [3.8, 4) is 0 Å². The van der Waals surface area contributed by atoms with Gasteiger partial charge in [-0.25, -0.2) is 13.2 Å². The van der Waals surface area contributed by atoms with E-state index >= 15 is 0 Å². The molecule has 0 fully saturated rings. The van der Waals surface area contributed by atoms with Crippen molar-refractivity contribution in [2.24, 2.45) is 0 Å². The lowest BCUT2D eigenvalue weighted by Gasteiger charge is -2.30. The lowest BCUT2D eigenvalue weighted by Crippen LogP contribution is -2.39. The standard InChI is InChI=1S/C24H21NO4S/c1-17-11-14-20(15-12-17)30(27,28)25-23-21-10-6-5-7-18(21)13-16-22(23)29-24(26)19-8-3-2-4-9-19/h2-16,22-23,25H,1H3. The average molecular weight is 420 g/mol. The van der Waals surface area contributed by atoms with Gasteiger partial charge < -0.3 is 4.74 Å². The first kappa shape index (κ1) is 20.1. The molecular formula is C24H21NO4S. The van der Waals surface area contributed by atoms with E-state index in [1.807, 2.05) is 43.3 Å². The number of fused-ring (bicyclic) bond motifs is 1. The number of aryl methyl sites for hydroxylation is 1. The van der Waals surface area contributed by atoms with E-state index in [1.54, 1.807) is 54.6 Å². The van der Waals surface area contributed by atoms with E-state index in [4.69, 9.17) is 4.74 Å². The number of esters is 1. The lowest BCUT2D eigenvalue weighted by atomic mass is 9.91. The van der Waals surface area contributed by atoms with Gasteiger partial charge in [0.2, 0.25) is 10.0 Å². The summed E-state index contributed by atoms with van der Waals surface area (Å²) in [5.74, 6) is -0.510. The molecule has 6 heteroatoms. The summed E-state index contributed by atoms with van der Waals surface area (Å²) in [4.78, 5) is 12.8. The molecule has 0 aromatic heterocycles. The number of hydrogen-bond acceptors (Lipinski definition) is 4. The van der Waals surface area contributed by atoms with E-state index in [2.05, 4.69) is 4.72 Å². The molecule has 2 unspecified atom stereocenters. The summed E-state index contributed by atoms with van der Waals surface area (Å²) in [5.41, 5.74) is 3.00. The van der Waals surface area contributed by atoms with E-state index < -0.39 is 28.1 Å². The van der Waals surface area contributed by atoms with Gasteiger partial charge in [-0.15, -0.1) is 0 Å². The van der Waals surface area contributed by atoms with Crippen LogP contribution in [0.3, 0.4) is 0 Å². The summed E-state index contributed by atoms with van der Waals surface area (Å²) in [6, 6.07) is 22.0. The van der Waals surface area contributed by atoms with Gasteiger partial charge >= 0.3 is 5.97 Å². The van der Waals surface area contributed by atoms with Crippen LogP contribution in [0.15, 0.2) is 89.8 Å². The summed E-state index contributed by atoms with van der Waals surface area (Å²) in [6.07, 6.45) is 2.77. The Morgan fingerprint density at radius 2 is 1.57 bits per heavy atom. The van der Waals surface area contributed by atoms with Crippen LogP contribution in [0.4, 0.5) is 0 Å².